The topological polar surface area (TPSA) is 86.4 Å². The van der Waals surface area contributed by atoms with Gasteiger partial charge < -0.3 is 4.90 Å². The lowest BCUT2D eigenvalue weighted by atomic mass is 10.0. The van der Waals surface area contributed by atoms with Gasteiger partial charge in [-0.15, -0.1) is 0 Å². The number of H-pyrrole nitrogens is 1. The molecule has 1 aliphatic heterocycles. The number of nitrogens with zero attached hydrogens (tertiary/aromatic N) is 3. The Morgan fingerprint density at radius 1 is 1.09 bits per heavy atom. The Kier molecular flexibility index (Phi) is 7.48. The summed E-state index contributed by atoms with van der Waals surface area (Å²) < 4.78 is 27.3. The molecule has 1 aliphatic rings. The summed E-state index contributed by atoms with van der Waals surface area (Å²) in [7, 11) is -1.74. The van der Waals surface area contributed by atoms with Gasteiger partial charge in [0.15, 0.2) is 0 Å². The van der Waals surface area contributed by atoms with Crippen LogP contribution < -0.4 is 0 Å². The Morgan fingerprint density at radius 2 is 1.76 bits per heavy atom. The van der Waals surface area contributed by atoms with Crippen molar-refractivity contribution in [3.8, 4) is 11.3 Å². The summed E-state index contributed by atoms with van der Waals surface area (Å²) in [5.41, 5.74) is 3.50. The van der Waals surface area contributed by atoms with E-state index in [1.807, 2.05) is 36.4 Å². The summed E-state index contributed by atoms with van der Waals surface area (Å²) >= 11 is 0. The number of amides is 1. The summed E-state index contributed by atoms with van der Waals surface area (Å²) in [6, 6.07) is 18.4. The number of piperidine rings is 1. The van der Waals surface area contributed by atoms with Crippen molar-refractivity contribution in [1.82, 2.24) is 19.4 Å². The van der Waals surface area contributed by atoms with Gasteiger partial charge in [-0.05, 0) is 61.9 Å². The van der Waals surface area contributed by atoms with Gasteiger partial charge in [-0.1, -0.05) is 37.3 Å². The van der Waals surface area contributed by atoms with E-state index in [0.29, 0.717) is 31.1 Å². The Morgan fingerprint density at radius 3 is 2.44 bits per heavy atom. The normalized spacial score (nSPS) is 15.4. The molecule has 1 saturated heterocycles. The second kappa shape index (κ2) is 10.5. The molecule has 0 saturated carbocycles. The SMILES string of the molecule is CC1CCN(S(=O)(=O)c2ccc(C(=O)N(C)CCCc3cc(-c4ccccc4)n[nH]3)cc2)CC1. The van der Waals surface area contributed by atoms with E-state index in [-0.39, 0.29) is 10.8 Å². The quantitative estimate of drug-likeness (QED) is 0.523. The first-order chi connectivity index (χ1) is 16.3. The van der Waals surface area contributed by atoms with E-state index in [1.165, 1.54) is 0 Å². The fourth-order valence-electron chi connectivity index (χ4n) is 4.22. The lowest BCUT2D eigenvalue weighted by molar-refractivity contribution is 0.0793. The van der Waals surface area contributed by atoms with Crippen LogP contribution in [-0.4, -0.2) is 60.4 Å². The molecule has 0 aliphatic carbocycles. The number of aryl methyl sites for hydroxylation is 1. The molecular weight excluding hydrogens is 448 g/mol. The lowest BCUT2D eigenvalue weighted by Gasteiger charge is -2.29. The lowest BCUT2D eigenvalue weighted by Crippen LogP contribution is -2.37. The fraction of sp³-hybridized carbons (Fsp3) is 0.385. The molecule has 34 heavy (non-hydrogen) atoms. The molecule has 1 fully saturated rings. The highest BCUT2D eigenvalue weighted by Crippen LogP contribution is 2.24. The van der Waals surface area contributed by atoms with Gasteiger partial charge in [-0.2, -0.15) is 9.40 Å². The highest BCUT2D eigenvalue weighted by Gasteiger charge is 2.28. The van der Waals surface area contributed by atoms with Crippen molar-refractivity contribution in [2.75, 3.05) is 26.7 Å². The Balaban J connectivity index is 1.30. The second-order valence-electron chi connectivity index (χ2n) is 9.09. The van der Waals surface area contributed by atoms with Crippen molar-refractivity contribution in [3.05, 3.63) is 71.9 Å². The predicted molar refractivity (Wildman–Crippen MR) is 133 cm³/mol. The minimum absolute atomic E-state index is 0.120. The first-order valence-electron chi connectivity index (χ1n) is 11.8. The van der Waals surface area contributed by atoms with E-state index in [2.05, 4.69) is 17.1 Å². The van der Waals surface area contributed by atoms with Gasteiger partial charge in [-0.25, -0.2) is 8.42 Å². The van der Waals surface area contributed by atoms with E-state index in [4.69, 9.17) is 0 Å². The fourth-order valence-corrected chi connectivity index (χ4v) is 5.69. The molecule has 7 nitrogen and oxygen atoms in total. The molecule has 3 aromatic rings. The summed E-state index contributed by atoms with van der Waals surface area (Å²) in [6.07, 6.45) is 3.33. The van der Waals surface area contributed by atoms with E-state index in [1.54, 1.807) is 40.5 Å². The van der Waals surface area contributed by atoms with E-state index >= 15 is 0 Å². The number of benzene rings is 2. The first kappa shape index (κ1) is 24.2. The van der Waals surface area contributed by atoms with Crippen LogP contribution in [0.1, 0.15) is 42.2 Å². The standard InChI is InChI=1S/C26H32N4O3S/c1-20-14-17-30(18-15-20)34(32,33)24-12-10-22(11-13-24)26(31)29(2)16-6-9-23-19-25(28-27-23)21-7-4-3-5-8-21/h3-5,7-8,10-13,19-20H,6,9,14-18H2,1-2H3,(H,27,28). The summed E-state index contributed by atoms with van der Waals surface area (Å²) in [6.45, 7) is 3.84. The number of hydrogen-bond acceptors (Lipinski definition) is 4. The van der Waals surface area contributed by atoms with E-state index in [0.717, 1.165) is 42.6 Å². The molecule has 0 bridgehead atoms. The average Bonchev–Trinajstić information content (AvgIpc) is 3.33. The van der Waals surface area contributed by atoms with Crippen LogP contribution in [0.5, 0.6) is 0 Å². The number of aromatic amines is 1. The maximum Gasteiger partial charge on any atom is 0.253 e. The van der Waals surface area contributed by atoms with Crippen LogP contribution in [0, 0.1) is 5.92 Å². The molecule has 180 valence electrons. The van der Waals surface area contributed by atoms with Crippen molar-refractivity contribution < 1.29 is 13.2 Å². The number of nitrogens with one attached hydrogen (secondary N) is 1. The maximum atomic E-state index is 12.9. The molecule has 1 aromatic heterocycles. The van der Waals surface area contributed by atoms with Crippen LogP contribution in [0.4, 0.5) is 0 Å². The third-order valence-corrected chi connectivity index (χ3v) is 8.38. The van der Waals surface area contributed by atoms with Gasteiger partial charge in [-0.3, -0.25) is 9.89 Å². The van der Waals surface area contributed by atoms with Gasteiger partial charge in [0.2, 0.25) is 10.0 Å². The number of carbonyl (C=O) groups is 1. The van der Waals surface area contributed by atoms with E-state index in [9.17, 15) is 13.2 Å². The van der Waals surface area contributed by atoms with Crippen molar-refractivity contribution in [2.24, 2.45) is 5.92 Å². The molecule has 0 atom stereocenters. The highest BCUT2D eigenvalue weighted by atomic mass is 32.2. The monoisotopic (exact) mass is 480 g/mol. The average molecular weight is 481 g/mol. The number of aromatic nitrogens is 2. The van der Waals surface area contributed by atoms with Crippen LogP contribution in [0.3, 0.4) is 0 Å². The molecular formula is C26H32N4O3S. The third kappa shape index (κ3) is 5.56. The van der Waals surface area contributed by atoms with Gasteiger partial charge in [0, 0.05) is 43.5 Å². The molecule has 0 unspecified atom stereocenters. The van der Waals surface area contributed by atoms with Gasteiger partial charge in [0.05, 0.1) is 10.6 Å². The zero-order valence-electron chi connectivity index (χ0n) is 19.8. The molecule has 8 heteroatoms. The largest absolute Gasteiger partial charge is 0.342 e. The van der Waals surface area contributed by atoms with Crippen LogP contribution >= 0.6 is 0 Å². The third-order valence-electron chi connectivity index (χ3n) is 6.47. The number of rotatable bonds is 8. The number of sulfonamides is 1. The highest BCUT2D eigenvalue weighted by molar-refractivity contribution is 7.89. The Bertz CT molecular complexity index is 1200. The summed E-state index contributed by atoms with van der Waals surface area (Å²) in [5.74, 6) is 0.437. The first-order valence-corrected chi connectivity index (χ1v) is 13.2. The van der Waals surface area contributed by atoms with Crippen molar-refractivity contribution >= 4 is 15.9 Å². The van der Waals surface area contributed by atoms with Gasteiger partial charge >= 0.3 is 0 Å². The minimum atomic E-state index is -3.51. The number of carbonyl (C=O) groups excluding carboxylic acids is 1. The van der Waals surface area contributed by atoms with Crippen molar-refractivity contribution in [2.45, 2.75) is 37.5 Å². The van der Waals surface area contributed by atoms with Crippen molar-refractivity contribution in [3.63, 3.8) is 0 Å². The predicted octanol–water partition coefficient (Wildman–Crippen LogP) is 4.20. The smallest absolute Gasteiger partial charge is 0.253 e. The van der Waals surface area contributed by atoms with Crippen LogP contribution in [0.15, 0.2) is 65.6 Å². The summed E-state index contributed by atoms with van der Waals surface area (Å²) in [4.78, 5) is 14.7. The number of hydrogen-bond donors (Lipinski definition) is 1. The van der Waals surface area contributed by atoms with Crippen LogP contribution in [0.2, 0.25) is 0 Å². The second-order valence-corrected chi connectivity index (χ2v) is 11.0. The minimum Gasteiger partial charge on any atom is -0.342 e. The van der Waals surface area contributed by atoms with Crippen LogP contribution in [0.25, 0.3) is 11.3 Å². The van der Waals surface area contributed by atoms with Gasteiger partial charge in [0.25, 0.3) is 5.91 Å². The summed E-state index contributed by atoms with van der Waals surface area (Å²) in [5, 5.41) is 7.45. The molecule has 4 rings (SSSR count). The Labute approximate surface area is 201 Å². The van der Waals surface area contributed by atoms with Gasteiger partial charge in [0.1, 0.15) is 0 Å². The Hall–Kier alpha value is -2.97. The molecule has 2 heterocycles. The zero-order valence-corrected chi connectivity index (χ0v) is 20.6. The van der Waals surface area contributed by atoms with Crippen molar-refractivity contribution in [1.29, 1.82) is 0 Å². The maximum absolute atomic E-state index is 12.9. The molecule has 1 N–H and O–H groups in total. The molecule has 2 aromatic carbocycles. The molecule has 1 amide bonds. The van der Waals surface area contributed by atoms with Crippen LogP contribution in [-0.2, 0) is 16.4 Å². The molecule has 0 spiro atoms. The van der Waals surface area contributed by atoms with E-state index < -0.39 is 10.0 Å². The molecule has 0 radical (unpaired) electrons. The zero-order chi connectivity index (χ0) is 24.1.